The number of likely N-dealkylation sites (tertiary alicyclic amines) is 1. The Kier molecular flexibility index (Phi) is 5.20. The first kappa shape index (κ1) is 15.9. The molecule has 0 radical (unpaired) electrons. The van der Waals surface area contributed by atoms with E-state index in [-0.39, 0.29) is 5.82 Å². The topological polar surface area (TPSA) is 48.4 Å². The standard InChI is InChI=1S/C18H22FN3O/c19-16-5-3-4-15(10-16)17(23)13-22-9-7-14(12-22)11-21-18-6-1-2-8-20-18/h1-6,8,10,14,17,23H,7,9,11-13H2,(H,20,21)/t14-,17+/m1/s1. The Hall–Kier alpha value is -1.98. The average Bonchev–Trinajstić information content (AvgIpc) is 3.01. The molecule has 1 aromatic heterocycles. The number of aliphatic hydroxyl groups is 1. The molecule has 5 heteroatoms. The van der Waals surface area contributed by atoms with E-state index in [2.05, 4.69) is 15.2 Å². The fourth-order valence-electron chi connectivity index (χ4n) is 3.03. The van der Waals surface area contributed by atoms with E-state index < -0.39 is 6.10 Å². The highest BCUT2D eigenvalue weighted by Gasteiger charge is 2.24. The van der Waals surface area contributed by atoms with Gasteiger partial charge in [0.2, 0.25) is 0 Å². The van der Waals surface area contributed by atoms with Crippen molar-refractivity contribution >= 4 is 5.82 Å². The molecular weight excluding hydrogens is 293 g/mol. The summed E-state index contributed by atoms with van der Waals surface area (Å²) >= 11 is 0. The molecule has 23 heavy (non-hydrogen) atoms. The average molecular weight is 315 g/mol. The van der Waals surface area contributed by atoms with E-state index >= 15 is 0 Å². The zero-order chi connectivity index (χ0) is 16.1. The number of nitrogens with one attached hydrogen (secondary N) is 1. The van der Waals surface area contributed by atoms with Gasteiger partial charge >= 0.3 is 0 Å². The summed E-state index contributed by atoms with van der Waals surface area (Å²) < 4.78 is 13.2. The van der Waals surface area contributed by atoms with Crippen LogP contribution in [0.25, 0.3) is 0 Å². The van der Waals surface area contributed by atoms with Crippen molar-refractivity contribution in [3.63, 3.8) is 0 Å². The molecule has 0 spiro atoms. The van der Waals surface area contributed by atoms with Crippen LogP contribution in [0.2, 0.25) is 0 Å². The number of nitrogens with zero attached hydrogens (tertiary/aromatic N) is 2. The van der Waals surface area contributed by atoms with Crippen molar-refractivity contribution in [1.29, 1.82) is 0 Å². The molecule has 0 aliphatic carbocycles. The van der Waals surface area contributed by atoms with Gasteiger partial charge in [0.15, 0.2) is 0 Å². The Morgan fingerprint density at radius 3 is 3.00 bits per heavy atom. The molecule has 2 atom stereocenters. The minimum atomic E-state index is -0.645. The summed E-state index contributed by atoms with van der Waals surface area (Å²) in [6, 6.07) is 12.0. The number of anilines is 1. The third-order valence-electron chi connectivity index (χ3n) is 4.27. The number of hydrogen-bond acceptors (Lipinski definition) is 4. The number of hydrogen-bond donors (Lipinski definition) is 2. The SMILES string of the molecule is O[C@@H](CN1CC[C@H](CNc2ccccn2)C1)c1cccc(F)c1. The summed E-state index contributed by atoms with van der Waals surface area (Å²) in [4.78, 5) is 6.49. The van der Waals surface area contributed by atoms with Crippen LogP contribution >= 0.6 is 0 Å². The summed E-state index contributed by atoms with van der Waals surface area (Å²) in [5, 5.41) is 13.6. The van der Waals surface area contributed by atoms with Gasteiger partial charge < -0.3 is 15.3 Å². The molecule has 122 valence electrons. The predicted molar refractivity (Wildman–Crippen MR) is 88.6 cm³/mol. The predicted octanol–water partition coefficient (Wildman–Crippen LogP) is 2.69. The lowest BCUT2D eigenvalue weighted by Gasteiger charge is -2.20. The van der Waals surface area contributed by atoms with Gasteiger partial charge in [0, 0.05) is 25.8 Å². The van der Waals surface area contributed by atoms with Crippen LogP contribution in [0.3, 0.4) is 0 Å². The quantitative estimate of drug-likeness (QED) is 0.860. The Morgan fingerprint density at radius 2 is 2.22 bits per heavy atom. The van der Waals surface area contributed by atoms with Gasteiger partial charge in [-0.3, -0.25) is 0 Å². The second-order valence-corrected chi connectivity index (χ2v) is 6.08. The first-order chi connectivity index (χ1) is 11.2. The Morgan fingerprint density at radius 1 is 1.30 bits per heavy atom. The van der Waals surface area contributed by atoms with Gasteiger partial charge in [-0.25, -0.2) is 9.37 Å². The molecule has 2 N–H and O–H groups in total. The lowest BCUT2D eigenvalue weighted by molar-refractivity contribution is 0.124. The van der Waals surface area contributed by atoms with E-state index in [4.69, 9.17) is 0 Å². The molecule has 1 saturated heterocycles. The van der Waals surface area contributed by atoms with Crippen molar-refractivity contribution in [2.24, 2.45) is 5.92 Å². The van der Waals surface area contributed by atoms with E-state index in [0.717, 1.165) is 31.9 Å². The summed E-state index contributed by atoms with van der Waals surface area (Å²) in [6.45, 7) is 3.32. The van der Waals surface area contributed by atoms with Crippen LogP contribution in [0.15, 0.2) is 48.7 Å². The van der Waals surface area contributed by atoms with E-state index in [1.165, 1.54) is 12.1 Å². The molecule has 4 nitrogen and oxygen atoms in total. The molecule has 2 aromatic rings. The Balaban J connectivity index is 1.46. The number of aromatic nitrogens is 1. The van der Waals surface area contributed by atoms with Crippen molar-refractivity contribution in [2.45, 2.75) is 12.5 Å². The van der Waals surface area contributed by atoms with Crippen molar-refractivity contribution in [3.8, 4) is 0 Å². The number of rotatable bonds is 6. The van der Waals surface area contributed by atoms with Crippen LogP contribution in [0.4, 0.5) is 10.2 Å². The van der Waals surface area contributed by atoms with Crippen molar-refractivity contribution in [1.82, 2.24) is 9.88 Å². The van der Waals surface area contributed by atoms with Gasteiger partial charge in [-0.05, 0) is 48.7 Å². The number of aliphatic hydroxyl groups excluding tert-OH is 1. The van der Waals surface area contributed by atoms with Crippen LogP contribution in [0.1, 0.15) is 18.1 Å². The fraction of sp³-hybridized carbons (Fsp3) is 0.389. The highest BCUT2D eigenvalue weighted by Crippen LogP contribution is 2.21. The summed E-state index contributed by atoms with van der Waals surface area (Å²) in [6.07, 6.45) is 2.22. The molecule has 3 rings (SSSR count). The van der Waals surface area contributed by atoms with Crippen LogP contribution in [0.5, 0.6) is 0 Å². The molecule has 1 aliphatic rings. The van der Waals surface area contributed by atoms with E-state index in [0.29, 0.717) is 18.0 Å². The minimum Gasteiger partial charge on any atom is -0.387 e. The Bertz CT molecular complexity index is 623. The van der Waals surface area contributed by atoms with Crippen LogP contribution in [0, 0.1) is 11.7 Å². The second kappa shape index (κ2) is 7.53. The molecule has 0 bridgehead atoms. The van der Waals surface area contributed by atoms with Gasteiger partial charge in [0.25, 0.3) is 0 Å². The normalized spacial score (nSPS) is 19.7. The lowest BCUT2D eigenvalue weighted by atomic mass is 10.1. The maximum atomic E-state index is 13.2. The molecular formula is C18H22FN3O. The molecule has 1 aromatic carbocycles. The minimum absolute atomic E-state index is 0.305. The lowest BCUT2D eigenvalue weighted by Crippen LogP contribution is -2.27. The molecule has 0 amide bonds. The number of β-amino-alcohol motifs (C(OH)–C–C–N with tert-alkyl or cyclic N) is 1. The van der Waals surface area contributed by atoms with E-state index in [1.807, 2.05) is 18.2 Å². The maximum absolute atomic E-state index is 13.2. The highest BCUT2D eigenvalue weighted by molar-refractivity contribution is 5.33. The van der Waals surface area contributed by atoms with Crippen molar-refractivity contribution in [3.05, 3.63) is 60.0 Å². The molecule has 1 aliphatic heterocycles. The third kappa shape index (κ3) is 4.50. The van der Waals surface area contributed by atoms with Crippen LogP contribution < -0.4 is 5.32 Å². The Labute approximate surface area is 136 Å². The third-order valence-corrected chi connectivity index (χ3v) is 4.27. The van der Waals surface area contributed by atoms with Gasteiger partial charge in [-0.1, -0.05) is 18.2 Å². The number of benzene rings is 1. The molecule has 1 fully saturated rings. The monoisotopic (exact) mass is 315 g/mol. The largest absolute Gasteiger partial charge is 0.387 e. The van der Waals surface area contributed by atoms with Crippen molar-refractivity contribution in [2.75, 3.05) is 31.5 Å². The molecule has 0 unspecified atom stereocenters. The summed E-state index contributed by atoms with van der Waals surface area (Å²) in [5.74, 6) is 1.13. The first-order valence-corrected chi connectivity index (χ1v) is 8.01. The van der Waals surface area contributed by atoms with Gasteiger partial charge in [0.1, 0.15) is 11.6 Å². The number of pyridine rings is 1. The smallest absolute Gasteiger partial charge is 0.125 e. The maximum Gasteiger partial charge on any atom is 0.125 e. The first-order valence-electron chi connectivity index (χ1n) is 8.01. The zero-order valence-electron chi connectivity index (χ0n) is 13.0. The summed E-state index contributed by atoms with van der Waals surface area (Å²) in [5.41, 5.74) is 0.639. The summed E-state index contributed by atoms with van der Waals surface area (Å²) in [7, 11) is 0. The van der Waals surface area contributed by atoms with E-state index in [1.54, 1.807) is 18.3 Å². The fourth-order valence-corrected chi connectivity index (χ4v) is 3.03. The van der Waals surface area contributed by atoms with Gasteiger partial charge in [0.05, 0.1) is 6.10 Å². The molecule has 0 saturated carbocycles. The van der Waals surface area contributed by atoms with Crippen LogP contribution in [-0.4, -0.2) is 41.2 Å². The van der Waals surface area contributed by atoms with Gasteiger partial charge in [-0.2, -0.15) is 0 Å². The second-order valence-electron chi connectivity index (χ2n) is 6.08. The van der Waals surface area contributed by atoms with Crippen LogP contribution in [-0.2, 0) is 0 Å². The number of halogens is 1. The molecule has 2 heterocycles. The van der Waals surface area contributed by atoms with Gasteiger partial charge in [-0.15, -0.1) is 0 Å². The van der Waals surface area contributed by atoms with Crippen molar-refractivity contribution < 1.29 is 9.50 Å². The highest BCUT2D eigenvalue weighted by atomic mass is 19.1. The zero-order valence-corrected chi connectivity index (χ0v) is 13.0. The van der Waals surface area contributed by atoms with E-state index in [9.17, 15) is 9.50 Å².